The molecule has 0 bridgehead atoms. The normalized spacial score (nSPS) is 10.8. The molecule has 4 heteroatoms. The highest BCUT2D eigenvalue weighted by molar-refractivity contribution is 5.97. The lowest BCUT2D eigenvalue weighted by Crippen LogP contribution is -2.21. The maximum atomic E-state index is 12.4. The van der Waals surface area contributed by atoms with E-state index in [4.69, 9.17) is 0 Å². The Kier molecular flexibility index (Phi) is 3.22. The summed E-state index contributed by atoms with van der Waals surface area (Å²) in [5.41, 5.74) is 4.93. The summed E-state index contributed by atoms with van der Waals surface area (Å²) in [5.74, 6) is 0. The summed E-state index contributed by atoms with van der Waals surface area (Å²) >= 11 is 0. The zero-order valence-electron chi connectivity index (χ0n) is 12.3. The third-order valence-corrected chi connectivity index (χ3v) is 3.54. The van der Waals surface area contributed by atoms with E-state index in [9.17, 15) is 4.79 Å². The number of nitrogens with one attached hydrogen (secondary N) is 1. The Morgan fingerprint density at radius 1 is 1.05 bits per heavy atom. The fourth-order valence-electron chi connectivity index (χ4n) is 2.41. The number of hydrogen-bond donors (Lipinski definition) is 1. The van der Waals surface area contributed by atoms with Crippen molar-refractivity contribution in [1.29, 1.82) is 0 Å². The monoisotopic (exact) mass is 279 g/mol. The predicted octanol–water partition coefficient (Wildman–Crippen LogP) is 4.04. The van der Waals surface area contributed by atoms with Gasteiger partial charge < -0.3 is 5.32 Å². The van der Waals surface area contributed by atoms with Crippen molar-refractivity contribution in [2.45, 2.75) is 20.8 Å². The molecule has 1 N–H and O–H groups in total. The molecule has 0 aliphatic carbocycles. The maximum absolute atomic E-state index is 12.4. The van der Waals surface area contributed by atoms with Gasteiger partial charge in [-0.15, -0.1) is 0 Å². The SMILES string of the molecule is Cc1ccc(NC(=O)n2ncc3ccc(C)cc32)c(C)c1. The van der Waals surface area contributed by atoms with E-state index in [1.807, 2.05) is 57.2 Å². The van der Waals surface area contributed by atoms with Crippen LogP contribution in [0.5, 0.6) is 0 Å². The molecule has 0 spiro atoms. The number of amides is 1. The fourth-order valence-corrected chi connectivity index (χ4v) is 2.41. The average molecular weight is 279 g/mol. The van der Waals surface area contributed by atoms with Crippen molar-refractivity contribution in [2.24, 2.45) is 0 Å². The number of anilines is 1. The molecule has 0 aliphatic heterocycles. The summed E-state index contributed by atoms with van der Waals surface area (Å²) in [4.78, 5) is 12.4. The van der Waals surface area contributed by atoms with Crippen LogP contribution in [0.2, 0.25) is 0 Å². The van der Waals surface area contributed by atoms with Crippen molar-refractivity contribution < 1.29 is 4.79 Å². The van der Waals surface area contributed by atoms with Crippen LogP contribution in [-0.2, 0) is 0 Å². The lowest BCUT2D eigenvalue weighted by Gasteiger charge is -2.09. The minimum atomic E-state index is -0.248. The Hall–Kier alpha value is -2.62. The Bertz CT molecular complexity index is 833. The first-order valence-corrected chi connectivity index (χ1v) is 6.87. The lowest BCUT2D eigenvalue weighted by molar-refractivity contribution is 0.252. The number of hydrogen-bond acceptors (Lipinski definition) is 2. The van der Waals surface area contributed by atoms with Crippen LogP contribution >= 0.6 is 0 Å². The first-order valence-electron chi connectivity index (χ1n) is 6.87. The molecular formula is C17H17N3O. The maximum Gasteiger partial charge on any atom is 0.347 e. The van der Waals surface area contributed by atoms with Gasteiger partial charge in [-0.1, -0.05) is 29.8 Å². The molecule has 0 saturated carbocycles. The van der Waals surface area contributed by atoms with Gasteiger partial charge in [0, 0.05) is 11.1 Å². The van der Waals surface area contributed by atoms with Crippen LogP contribution in [0.15, 0.2) is 42.6 Å². The highest BCUT2D eigenvalue weighted by Crippen LogP contribution is 2.19. The number of carbonyl (C=O) groups excluding carboxylic acids is 1. The quantitative estimate of drug-likeness (QED) is 0.730. The largest absolute Gasteiger partial charge is 0.347 e. The van der Waals surface area contributed by atoms with Crippen molar-refractivity contribution in [3.8, 4) is 0 Å². The third-order valence-electron chi connectivity index (χ3n) is 3.54. The second-order valence-electron chi connectivity index (χ2n) is 5.37. The number of benzene rings is 2. The molecule has 106 valence electrons. The minimum absolute atomic E-state index is 0.248. The van der Waals surface area contributed by atoms with E-state index in [2.05, 4.69) is 10.4 Å². The van der Waals surface area contributed by atoms with Crippen molar-refractivity contribution in [3.05, 3.63) is 59.3 Å². The van der Waals surface area contributed by atoms with Crippen LogP contribution in [0.4, 0.5) is 10.5 Å². The van der Waals surface area contributed by atoms with Gasteiger partial charge in [0.2, 0.25) is 0 Å². The molecule has 0 saturated heterocycles. The van der Waals surface area contributed by atoms with Crippen molar-refractivity contribution >= 4 is 22.6 Å². The molecule has 21 heavy (non-hydrogen) atoms. The zero-order chi connectivity index (χ0) is 15.0. The lowest BCUT2D eigenvalue weighted by atomic mass is 10.1. The van der Waals surface area contributed by atoms with E-state index in [0.29, 0.717) is 0 Å². The van der Waals surface area contributed by atoms with Gasteiger partial charge in [0.05, 0.1) is 11.7 Å². The highest BCUT2D eigenvalue weighted by atomic mass is 16.2. The van der Waals surface area contributed by atoms with E-state index in [1.54, 1.807) is 6.20 Å². The predicted molar refractivity (Wildman–Crippen MR) is 84.8 cm³/mol. The number of fused-ring (bicyclic) bond motifs is 1. The highest BCUT2D eigenvalue weighted by Gasteiger charge is 2.11. The van der Waals surface area contributed by atoms with Gasteiger partial charge >= 0.3 is 6.03 Å². The average Bonchev–Trinajstić information content (AvgIpc) is 2.85. The third kappa shape index (κ3) is 2.52. The molecule has 0 radical (unpaired) electrons. The molecule has 3 aromatic rings. The molecule has 0 unspecified atom stereocenters. The zero-order valence-corrected chi connectivity index (χ0v) is 12.3. The topological polar surface area (TPSA) is 46.9 Å². The number of rotatable bonds is 1. The van der Waals surface area contributed by atoms with Gasteiger partial charge in [0.15, 0.2) is 0 Å². The first-order chi connectivity index (χ1) is 10.0. The van der Waals surface area contributed by atoms with E-state index in [-0.39, 0.29) is 6.03 Å². The number of aryl methyl sites for hydroxylation is 3. The summed E-state index contributed by atoms with van der Waals surface area (Å²) in [5, 5.41) is 8.05. The molecule has 3 rings (SSSR count). The van der Waals surface area contributed by atoms with Crippen molar-refractivity contribution in [2.75, 3.05) is 5.32 Å². The number of nitrogens with zero attached hydrogens (tertiary/aromatic N) is 2. The van der Waals surface area contributed by atoms with Crippen molar-refractivity contribution in [3.63, 3.8) is 0 Å². The van der Waals surface area contributed by atoms with Crippen molar-refractivity contribution in [1.82, 2.24) is 9.78 Å². The summed E-state index contributed by atoms with van der Waals surface area (Å²) in [6.45, 7) is 6.01. The van der Waals surface area contributed by atoms with E-state index < -0.39 is 0 Å². The van der Waals surface area contributed by atoms with Gasteiger partial charge in [-0.25, -0.2) is 4.79 Å². The Balaban J connectivity index is 1.95. The van der Waals surface area contributed by atoms with E-state index >= 15 is 0 Å². The molecule has 4 nitrogen and oxygen atoms in total. The van der Waals surface area contributed by atoms with Gasteiger partial charge in [-0.05, 0) is 44.0 Å². The van der Waals surface area contributed by atoms with Gasteiger partial charge in [0.1, 0.15) is 0 Å². The van der Waals surface area contributed by atoms with Gasteiger partial charge in [-0.3, -0.25) is 0 Å². The van der Waals surface area contributed by atoms with Gasteiger partial charge in [0.25, 0.3) is 0 Å². The minimum Gasteiger partial charge on any atom is -0.306 e. The van der Waals surface area contributed by atoms with Crippen LogP contribution in [-0.4, -0.2) is 15.8 Å². The Labute approximate surface area is 123 Å². The van der Waals surface area contributed by atoms with Crippen LogP contribution in [0, 0.1) is 20.8 Å². The summed E-state index contributed by atoms with van der Waals surface area (Å²) in [7, 11) is 0. The van der Waals surface area contributed by atoms with E-state index in [0.717, 1.165) is 27.7 Å². The van der Waals surface area contributed by atoms with E-state index in [1.165, 1.54) is 10.2 Å². The molecule has 0 fully saturated rings. The smallest absolute Gasteiger partial charge is 0.306 e. The van der Waals surface area contributed by atoms with Crippen LogP contribution < -0.4 is 5.32 Å². The van der Waals surface area contributed by atoms with Crippen LogP contribution in [0.3, 0.4) is 0 Å². The summed E-state index contributed by atoms with van der Waals surface area (Å²) < 4.78 is 1.40. The molecule has 1 aromatic heterocycles. The molecule has 1 amide bonds. The Morgan fingerprint density at radius 2 is 1.76 bits per heavy atom. The first kappa shape index (κ1) is 13.4. The van der Waals surface area contributed by atoms with Crippen LogP contribution in [0.1, 0.15) is 16.7 Å². The standard InChI is InChI=1S/C17H17N3O/c1-11-5-7-15(13(3)8-11)19-17(21)20-16-9-12(2)4-6-14(16)10-18-20/h4-10H,1-3H3,(H,19,21). The summed E-state index contributed by atoms with van der Waals surface area (Å²) in [6.07, 6.45) is 1.70. The van der Waals surface area contributed by atoms with Crippen LogP contribution in [0.25, 0.3) is 10.9 Å². The molecule has 0 aliphatic rings. The molecule has 0 atom stereocenters. The number of aromatic nitrogens is 2. The second kappa shape index (κ2) is 5.05. The number of carbonyl (C=O) groups is 1. The van der Waals surface area contributed by atoms with Gasteiger partial charge in [-0.2, -0.15) is 9.78 Å². The second-order valence-corrected chi connectivity index (χ2v) is 5.37. The summed E-state index contributed by atoms with van der Waals surface area (Å²) in [6, 6.07) is 11.6. The fraction of sp³-hybridized carbons (Fsp3) is 0.176. The molecule has 1 heterocycles. The molecule has 2 aromatic carbocycles. The Morgan fingerprint density at radius 3 is 2.52 bits per heavy atom. The molecular weight excluding hydrogens is 262 g/mol.